The first kappa shape index (κ1) is 20.1. The third-order valence-corrected chi connectivity index (χ3v) is 5.30. The van der Waals surface area contributed by atoms with Crippen molar-refractivity contribution in [1.29, 1.82) is 0 Å². The Morgan fingerprint density at radius 1 is 0.964 bits per heavy atom. The van der Waals surface area contributed by atoms with Gasteiger partial charge < -0.3 is 24.7 Å². The molecule has 6 nitrogen and oxygen atoms in total. The fourth-order valence-corrected chi connectivity index (χ4v) is 3.94. The molecule has 148 valence electrons. The summed E-state index contributed by atoms with van der Waals surface area (Å²) in [5, 5.41) is 0.963. The molecule has 0 aliphatic heterocycles. The number of rotatable bonds is 7. The van der Waals surface area contributed by atoms with Gasteiger partial charge in [0.2, 0.25) is 5.75 Å². The molecule has 2 N–H and O–H groups in total. The zero-order chi connectivity index (χ0) is 20.3. The zero-order valence-corrected chi connectivity index (χ0v) is 17.6. The molecule has 0 bridgehead atoms. The van der Waals surface area contributed by atoms with Crippen LogP contribution in [0.2, 0.25) is 5.02 Å². The van der Waals surface area contributed by atoms with Crippen molar-refractivity contribution in [2.24, 2.45) is 0 Å². The number of halogens is 1. The van der Waals surface area contributed by atoms with E-state index in [9.17, 15) is 0 Å². The molecule has 1 aromatic heterocycles. The Labute approximate surface area is 172 Å². The van der Waals surface area contributed by atoms with E-state index in [4.69, 9.17) is 36.3 Å². The summed E-state index contributed by atoms with van der Waals surface area (Å²) >= 11 is 7.74. The van der Waals surface area contributed by atoms with Crippen LogP contribution in [-0.4, -0.2) is 32.9 Å². The number of aromatic nitrogens is 1. The minimum absolute atomic E-state index is 0.448. The fraction of sp³-hybridized carbons (Fsp3) is 0.250. The molecule has 0 atom stereocenters. The third kappa shape index (κ3) is 3.81. The maximum atomic E-state index is 6.36. The van der Waals surface area contributed by atoms with Crippen LogP contribution < -0.4 is 24.7 Å². The number of nitrogen functional groups attached to an aromatic ring is 1. The molecule has 28 heavy (non-hydrogen) atoms. The molecule has 0 amide bonds. The lowest BCUT2D eigenvalue weighted by molar-refractivity contribution is 0.324. The van der Waals surface area contributed by atoms with E-state index in [-0.39, 0.29) is 0 Å². The van der Waals surface area contributed by atoms with E-state index in [2.05, 4.69) is 4.98 Å². The van der Waals surface area contributed by atoms with Gasteiger partial charge in [-0.25, -0.2) is 4.98 Å². The van der Waals surface area contributed by atoms with Crippen molar-refractivity contribution in [1.82, 2.24) is 4.98 Å². The van der Waals surface area contributed by atoms with Crippen molar-refractivity contribution in [3.05, 3.63) is 35.4 Å². The van der Waals surface area contributed by atoms with Gasteiger partial charge in [-0.3, -0.25) is 0 Å². The molecule has 0 unspecified atom stereocenters. The molecular formula is C20H21ClN2O4S. The van der Waals surface area contributed by atoms with Crippen molar-refractivity contribution >= 4 is 28.1 Å². The number of nitrogens with zero attached hydrogens (tertiary/aromatic N) is 1. The molecule has 3 aromatic rings. The molecule has 0 aliphatic carbocycles. The Balaban J connectivity index is 2.14. The summed E-state index contributed by atoms with van der Waals surface area (Å²) in [6.45, 7) is 2.45. The zero-order valence-electron chi connectivity index (χ0n) is 16.0. The van der Waals surface area contributed by atoms with Gasteiger partial charge in [-0.2, -0.15) is 0 Å². The normalized spacial score (nSPS) is 10.6. The van der Waals surface area contributed by atoms with Crippen LogP contribution in [0.4, 0.5) is 5.13 Å². The van der Waals surface area contributed by atoms with Crippen molar-refractivity contribution < 1.29 is 18.9 Å². The largest absolute Gasteiger partial charge is 0.493 e. The van der Waals surface area contributed by atoms with Crippen LogP contribution in [0.15, 0.2) is 30.3 Å². The minimum Gasteiger partial charge on any atom is -0.493 e. The first-order valence-electron chi connectivity index (χ1n) is 8.51. The predicted molar refractivity (Wildman–Crippen MR) is 113 cm³/mol. The quantitative estimate of drug-likeness (QED) is 0.570. The molecule has 0 saturated heterocycles. The van der Waals surface area contributed by atoms with E-state index in [0.29, 0.717) is 39.8 Å². The number of benzene rings is 2. The van der Waals surface area contributed by atoms with Gasteiger partial charge in [-0.15, -0.1) is 0 Å². The molecule has 0 fully saturated rings. The van der Waals surface area contributed by atoms with Crippen LogP contribution in [0, 0.1) is 0 Å². The van der Waals surface area contributed by atoms with Gasteiger partial charge in [0.15, 0.2) is 16.6 Å². The van der Waals surface area contributed by atoms with Crippen molar-refractivity contribution in [2.45, 2.75) is 6.92 Å². The molecule has 0 spiro atoms. The smallest absolute Gasteiger partial charge is 0.203 e. The van der Waals surface area contributed by atoms with E-state index < -0.39 is 0 Å². The topological polar surface area (TPSA) is 75.8 Å². The highest BCUT2D eigenvalue weighted by atomic mass is 35.5. The molecule has 0 aliphatic rings. The summed E-state index contributed by atoms with van der Waals surface area (Å²) in [7, 11) is 4.72. The highest BCUT2D eigenvalue weighted by Crippen LogP contribution is 2.46. The van der Waals surface area contributed by atoms with Gasteiger partial charge in [0.1, 0.15) is 5.75 Å². The second-order valence-electron chi connectivity index (χ2n) is 5.72. The van der Waals surface area contributed by atoms with Gasteiger partial charge in [0, 0.05) is 11.1 Å². The summed E-state index contributed by atoms with van der Waals surface area (Å²) in [5.41, 5.74) is 8.44. The average Bonchev–Trinajstić information content (AvgIpc) is 3.10. The summed E-state index contributed by atoms with van der Waals surface area (Å²) in [4.78, 5) is 5.38. The highest BCUT2D eigenvalue weighted by Gasteiger charge is 2.20. The summed E-state index contributed by atoms with van der Waals surface area (Å²) in [5.74, 6) is 2.27. The SMILES string of the molecule is CCOc1ccc(-c2nc(N)sc2-c2cc(OC)c(OC)c(OC)c2)cc1Cl. The van der Waals surface area contributed by atoms with E-state index >= 15 is 0 Å². The number of hydrogen-bond donors (Lipinski definition) is 1. The van der Waals surface area contributed by atoms with E-state index in [1.165, 1.54) is 11.3 Å². The predicted octanol–water partition coefficient (Wildman–Crippen LogP) is 5.14. The lowest BCUT2D eigenvalue weighted by Crippen LogP contribution is -1.96. The van der Waals surface area contributed by atoms with E-state index in [1.54, 1.807) is 21.3 Å². The lowest BCUT2D eigenvalue weighted by Gasteiger charge is -2.14. The van der Waals surface area contributed by atoms with Gasteiger partial charge in [0.25, 0.3) is 0 Å². The second kappa shape index (κ2) is 8.58. The standard InChI is InChI=1S/C20H21ClN2O4S/c1-5-27-14-7-6-11(8-13(14)21)17-19(28-20(22)23-17)12-9-15(24-2)18(26-4)16(10-12)25-3/h6-10H,5H2,1-4H3,(H2,22,23). The molecule has 3 rings (SSSR count). The molecule has 1 heterocycles. The Bertz CT molecular complexity index is 965. The van der Waals surface area contributed by atoms with Crippen LogP contribution in [-0.2, 0) is 0 Å². The minimum atomic E-state index is 0.448. The Kier molecular flexibility index (Phi) is 6.16. The number of thiazole rings is 1. The molecular weight excluding hydrogens is 400 g/mol. The molecule has 0 radical (unpaired) electrons. The van der Waals surface area contributed by atoms with Crippen LogP contribution in [0.3, 0.4) is 0 Å². The van der Waals surface area contributed by atoms with Crippen molar-refractivity contribution in [2.75, 3.05) is 33.7 Å². The maximum Gasteiger partial charge on any atom is 0.203 e. The van der Waals surface area contributed by atoms with Gasteiger partial charge in [-0.05, 0) is 37.3 Å². The van der Waals surface area contributed by atoms with Crippen LogP contribution in [0.1, 0.15) is 6.92 Å². The highest BCUT2D eigenvalue weighted by molar-refractivity contribution is 7.19. The van der Waals surface area contributed by atoms with Gasteiger partial charge >= 0.3 is 0 Å². The summed E-state index contributed by atoms with van der Waals surface area (Å²) in [6.07, 6.45) is 0. The maximum absolute atomic E-state index is 6.36. The Hall–Kier alpha value is -2.64. The Morgan fingerprint density at radius 3 is 2.18 bits per heavy atom. The second-order valence-corrected chi connectivity index (χ2v) is 7.16. The van der Waals surface area contributed by atoms with E-state index in [1.807, 2.05) is 37.3 Å². The van der Waals surface area contributed by atoms with Crippen LogP contribution in [0.25, 0.3) is 21.7 Å². The number of nitrogens with two attached hydrogens (primary N) is 1. The monoisotopic (exact) mass is 420 g/mol. The Morgan fingerprint density at radius 2 is 1.64 bits per heavy atom. The first-order valence-corrected chi connectivity index (χ1v) is 9.71. The molecule has 8 heteroatoms. The van der Waals surface area contributed by atoms with E-state index in [0.717, 1.165) is 21.7 Å². The lowest BCUT2D eigenvalue weighted by atomic mass is 10.1. The van der Waals surface area contributed by atoms with Gasteiger partial charge in [-0.1, -0.05) is 22.9 Å². The number of methoxy groups -OCH3 is 3. The number of hydrogen-bond acceptors (Lipinski definition) is 7. The van der Waals surface area contributed by atoms with Crippen LogP contribution in [0.5, 0.6) is 23.0 Å². The molecule has 0 saturated carbocycles. The summed E-state index contributed by atoms with van der Waals surface area (Å²) in [6, 6.07) is 9.30. The van der Waals surface area contributed by atoms with Gasteiger partial charge in [0.05, 0.1) is 43.5 Å². The fourth-order valence-electron chi connectivity index (χ4n) is 2.86. The number of ether oxygens (including phenoxy) is 4. The summed E-state index contributed by atoms with van der Waals surface area (Å²) < 4.78 is 21.8. The van der Waals surface area contributed by atoms with Crippen molar-refractivity contribution in [3.63, 3.8) is 0 Å². The average molecular weight is 421 g/mol. The first-order chi connectivity index (χ1) is 13.5. The van der Waals surface area contributed by atoms with Crippen LogP contribution >= 0.6 is 22.9 Å². The molecule has 2 aromatic carbocycles. The number of anilines is 1. The third-order valence-electron chi connectivity index (χ3n) is 4.08. The van der Waals surface area contributed by atoms with Crippen molar-refractivity contribution in [3.8, 4) is 44.7 Å².